The summed E-state index contributed by atoms with van der Waals surface area (Å²) in [4.78, 5) is 47.6. The van der Waals surface area contributed by atoms with Gasteiger partial charge in [0, 0.05) is 38.1 Å². The third-order valence-corrected chi connectivity index (χ3v) is 7.09. The van der Waals surface area contributed by atoms with Gasteiger partial charge in [0.1, 0.15) is 6.04 Å². The molecule has 3 heterocycles. The molecule has 1 aromatic rings. The Labute approximate surface area is 187 Å². The number of thiazole rings is 1. The highest BCUT2D eigenvalue weighted by Gasteiger charge is 2.39. The van der Waals surface area contributed by atoms with Crippen LogP contribution in [0.5, 0.6) is 0 Å². The van der Waals surface area contributed by atoms with Gasteiger partial charge in [-0.3, -0.25) is 19.6 Å². The molecule has 31 heavy (non-hydrogen) atoms. The lowest BCUT2D eigenvalue weighted by molar-refractivity contribution is -0.158. The Bertz CT molecular complexity index is 765. The minimum atomic E-state index is -0.492. The number of likely N-dealkylation sites (tertiary alicyclic amines) is 1. The maximum absolute atomic E-state index is 13.3. The molecule has 0 aromatic carbocycles. The number of aromatic nitrogens is 1. The number of carbonyl (C=O) groups excluding carboxylic acids is 3. The molecule has 0 unspecified atom stereocenters. The summed E-state index contributed by atoms with van der Waals surface area (Å²) in [5.41, 5.74) is 1.01. The number of amides is 3. The Balaban J connectivity index is 1.61. The maximum Gasteiger partial charge on any atom is 0.245 e. The molecule has 0 aliphatic carbocycles. The molecule has 2 aliphatic rings. The van der Waals surface area contributed by atoms with Crippen molar-refractivity contribution in [2.75, 3.05) is 44.2 Å². The summed E-state index contributed by atoms with van der Waals surface area (Å²) in [5.74, 6) is -0.623. The molecule has 1 N–H and O–H groups in total. The fourth-order valence-electron chi connectivity index (χ4n) is 4.35. The third-order valence-electron chi connectivity index (χ3n) is 6.07. The summed E-state index contributed by atoms with van der Waals surface area (Å²) in [6, 6.07) is -0.450. The molecule has 3 rings (SSSR count). The molecule has 9 nitrogen and oxygen atoms in total. The summed E-state index contributed by atoms with van der Waals surface area (Å²) < 4.78 is 0. The van der Waals surface area contributed by atoms with Crippen molar-refractivity contribution in [1.29, 1.82) is 0 Å². The van der Waals surface area contributed by atoms with Gasteiger partial charge in [-0.2, -0.15) is 0 Å². The molecule has 0 bridgehead atoms. The normalized spacial score (nSPS) is 20.1. The first-order valence-corrected chi connectivity index (χ1v) is 12.0. The molecule has 172 valence electrons. The first-order chi connectivity index (χ1) is 14.9. The minimum Gasteiger partial charge on any atom is -0.345 e. The van der Waals surface area contributed by atoms with Gasteiger partial charge in [0.15, 0.2) is 5.13 Å². The summed E-state index contributed by atoms with van der Waals surface area (Å²) in [6.45, 7) is 7.22. The van der Waals surface area contributed by atoms with Gasteiger partial charge in [-0.15, -0.1) is 11.3 Å². The lowest BCUT2D eigenvalue weighted by atomic mass is 9.99. The quantitative estimate of drug-likeness (QED) is 0.349. The van der Waals surface area contributed by atoms with Crippen molar-refractivity contribution < 1.29 is 19.6 Å². The zero-order valence-corrected chi connectivity index (χ0v) is 19.2. The van der Waals surface area contributed by atoms with Crippen LogP contribution in [0.25, 0.3) is 0 Å². The van der Waals surface area contributed by atoms with Gasteiger partial charge < -0.3 is 14.7 Å². The van der Waals surface area contributed by atoms with E-state index in [0.717, 1.165) is 43.2 Å². The second-order valence-electron chi connectivity index (χ2n) is 8.34. The lowest BCUT2D eigenvalue weighted by Gasteiger charge is -2.37. The highest BCUT2D eigenvalue weighted by Crippen LogP contribution is 2.26. The van der Waals surface area contributed by atoms with E-state index in [2.05, 4.69) is 9.88 Å². The molecule has 2 aliphatic heterocycles. The number of hydrogen-bond donors (Lipinski definition) is 1. The molecule has 0 radical (unpaired) electrons. The highest BCUT2D eigenvalue weighted by molar-refractivity contribution is 7.13. The van der Waals surface area contributed by atoms with Crippen LogP contribution in [0.15, 0.2) is 5.38 Å². The number of aryl methyl sites for hydroxylation is 1. The monoisotopic (exact) mass is 451 g/mol. The molecule has 0 saturated carbocycles. The number of hydroxylamine groups is 2. The zero-order valence-electron chi connectivity index (χ0n) is 18.4. The number of carbonyl (C=O) groups is 3. The molecule has 3 amide bonds. The van der Waals surface area contributed by atoms with Crippen LogP contribution in [0.3, 0.4) is 0 Å². The SMILES string of the molecule is CCCC[C@H](CN(O)C=O)C(=O)N1CCC[C@H]1C(=O)N1CCN(c2nc(C)cs2)CC1. The Hall–Kier alpha value is -2.20. The second-order valence-corrected chi connectivity index (χ2v) is 9.18. The smallest absolute Gasteiger partial charge is 0.245 e. The molecule has 2 fully saturated rings. The van der Waals surface area contributed by atoms with E-state index in [4.69, 9.17) is 0 Å². The van der Waals surface area contributed by atoms with Gasteiger partial charge in [-0.1, -0.05) is 19.8 Å². The fraction of sp³-hybridized carbons (Fsp3) is 0.714. The van der Waals surface area contributed by atoms with E-state index in [1.807, 2.05) is 24.1 Å². The van der Waals surface area contributed by atoms with Gasteiger partial charge in [-0.05, 0) is 26.2 Å². The lowest BCUT2D eigenvalue weighted by Crippen LogP contribution is -2.55. The average Bonchev–Trinajstić information content (AvgIpc) is 3.45. The van der Waals surface area contributed by atoms with Crippen molar-refractivity contribution in [2.24, 2.45) is 5.92 Å². The first-order valence-electron chi connectivity index (χ1n) is 11.1. The Kier molecular flexibility index (Phi) is 8.25. The molecule has 0 spiro atoms. The second kappa shape index (κ2) is 10.9. The van der Waals surface area contributed by atoms with E-state index < -0.39 is 12.0 Å². The van der Waals surface area contributed by atoms with Gasteiger partial charge in [0.05, 0.1) is 18.2 Å². The van der Waals surface area contributed by atoms with E-state index in [-0.39, 0.29) is 18.4 Å². The van der Waals surface area contributed by atoms with Crippen molar-refractivity contribution in [2.45, 2.75) is 52.0 Å². The number of hydrogen-bond acceptors (Lipinski definition) is 7. The minimum absolute atomic E-state index is 0.00584. The Morgan fingerprint density at radius 1 is 1.32 bits per heavy atom. The van der Waals surface area contributed by atoms with Crippen LogP contribution in [0.4, 0.5) is 5.13 Å². The zero-order chi connectivity index (χ0) is 22.4. The predicted molar refractivity (Wildman–Crippen MR) is 118 cm³/mol. The molecule has 1 aromatic heterocycles. The summed E-state index contributed by atoms with van der Waals surface area (Å²) >= 11 is 1.62. The van der Waals surface area contributed by atoms with Crippen molar-refractivity contribution in [1.82, 2.24) is 19.8 Å². The van der Waals surface area contributed by atoms with Gasteiger partial charge in [0.25, 0.3) is 0 Å². The van der Waals surface area contributed by atoms with E-state index in [0.29, 0.717) is 43.9 Å². The highest BCUT2D eigenvalue weighted by atomic mass is 32.1. The number of anilines is 1. The van der Waals surface area contributed by atoms with Crippen LogP contribution in [0, 0.1) is 12.8 Å². The van der Waals surface area contributed by atoms with E-state index in [1.54, 1.807) is 16.2 Å². The topological polar surface area (TPSA) is 97.3 Å². The van der Waals surface area contributed by atoms with Crippen molar-refractivity contribution in [3.8, 4) is 0 Å². The maximum atomic E-state index is 13.3. The predicted octanol–water partition coefficient (Wildman–Crippen LogP) is 1.75. The van der Waals surface area contributed by atoms with Crippen LogP contribution >= 0.6 is 11.3 Å². The summed E-state index contributed by atoms with van der Waals surface area (Å²) in [6.07, 6.45) is 4.10. The summed E-state index contributed by atoms with van der Waals surface area (Å²) in [5, 5.41) is 13.2. The van der Waals surface area contributed by atoms with Crippen LogP contribution in [-0.2, 0) is 14.4 Å². The largest absolute Gasteiger partial charge is 0.345 e. The standard InChI is InChI=1S/C21H33N5O4S/c1-3-4-6-17(13-25(30)15-27)19(28)26-8-5-7-18(26)20(29)23-9-11-24(12-10-23)21-22-16(2)14-31-21/h14-15,17-18,30H,3-13H2,1-2H3/t17-,18+/m1/s1. The van der Waals surface area contributed by atoms with Crippen molar-refractivity contribution in [3.63, 3.8) is 0 Å². The Morgan fingerprint density at radius 3 is 2.68 bits per heavy atom. The summed E-state index contributed by atoms with van der Waals surface area (Å²) in [7, 11) is 0. The molecular weight excluding hydrogens is 418 g/mol. The molecule has 10 heteroatoms. The van der Waals surface area contributed by atoms with Crippen LogP contribution < -0.4 is 4.90 Å². The Morgan fingerprint density at radius 2 is 2.06 bits per heavy atom. The third kappa shape index (κ3) is 5.74. The van der Waals surface area contributed by atoms with Crippen molar-refractivity contribution in [3.05, 3.63) is 11.1 Å². The number of rotatable bonds is 9. The number of nitrogens with zero attached hydrogens (tertiary/aromatic N) is 5. The van der Waals surface area contributed by atoms with E-state index in [1.165, 1.54) is 0 Å². The average molecular weight is 452 g/mol. The fourth-order valence-corrected chi connectivity index (χ4v) is 5.21. The number of piperazine rings is 1. The van der Waals surface area contributed by atoms with E-state index in [9.17, 15) is 19.6 Å². The number of unbranched alkanes of at least 4 members (excludes halogenated alkanes) is 1. The van der Waals surface area contributed by atoms with Crippen LogP contribution in [0.2, 0.25) is 0 Å². The first kappa shape index (κ1) is 23.5. The molecular formula is C21H33N5O4S. The van der Waals surface area contributed by atoms with Gasteiger partial charge >= 0.3 is 0 Å². The van der Waals surface area contributed by atoms with Crippen molar-refractivity contribution >= 4 is 34.7 Å². The molecule has 2 atom stereocenters. The van der Waals surface area contributed by atoms with E-state index >= 15 is 0 Å². The van der Waals surface area contributed by atoms with Gasteiger partial charge in [0.2, 0.25) is 18.2 Å². The van der Waals surface area contributed by atoms with Gasteiger partial charge in [-0.25, -0.2) is 10.0 Å². The molecule has 2 saturated heterocycles. The van der Waals surface area contributed by atoms with Crippen LogP contribution in [0.1, 0.15) is 44.7 Å². The van der Waals surface area contributed by atoms with Crippen LogP contribution in [-0.4, -0.2) is 88.6 Å².